The Bertz CT molecular complexity index is 1530. The third-order valence-corrected chi connectivity index (χ3v) is 13.6. The second-order valence-electron chi connectivity index (χ2n) is 17.0. The molecule has 11 rings (SSSR count). The van der Waals surface area contributed by atoms with Gasteiger partial charge in [0, 0.05) is 0 Å². The minimum Gasteiger partial charge on any atom is -0.426 e. The Balaban J connectivity index is 0.902. The molecule has 4 atom stereocenters. The van der Waals surface area contributed by atoms with Crippen molar-refractivity contribution in [3.63, 3.8) is 0 Å². The van der Waals surface area contributed by atoms with Crippen molar-refractivity contribution in [3.8, 4) is 11.5 Å². The van der Waals surface area contributed by atoms with Crippen LogP contribution >= 0.6 is 0 Å². The summed E-state index contributed by atoms with van der Waals surface area (Å²) in [5.41, 5.74) is 4.71. The highest BCUT2D eigenvalue weighted by Gasteiger charge is 2.63. The summed E-state index contributed by atoms with van der Waals surface area (Å²) in [7, 11) is 0. The van der Waals surface area contributed by atoms with Gasteiger partial charge < -0.3 is 9.47 Å². The maximum atomic E-state index is 14.0. The van der Waals surface area contributed by atoms with Gasteiger partial charge in [-0.05, 0) is 161 Å². The predicted octanol–water partition coefficient (Wildman–Crippen LogP) is 9.19. The second-order valence-corrected chi connectivity index (χ2v) is 17.0. The summed E-state index contributed by atoms with van der Waals surface area (Å²) in [4.78, 5) is 27.9. The van der Waals surface area contributed by atoms with Gasteiger partial charge in [0.1, 0.15) is 11.5 Å². The van der Waals surface area contributed by atoms with Crippen LogP contribution in [0.25, 0.3) is 0 Å². The zero-order valence-corrected chi connectivity index (χ0v) is 27.4. The lowest BCUT2D eigenvalue weighted by atomic mass is 9.43. The minimum absolute atomic E-state index is 0.0715. The molecule has 4 unspecified atom stereocenters. The number of rotatable bonds is 6. The molecule has 8 saturated carbocycles. The van der Waals surface area contributed by atoms with Crippen LogP contribution in [0.1, 0.15) is 99.3 Å². The standard InChI is InChI=1S/C42H46O4/c1-27-3-7-33(8-4-27)39-17-29-15-30(18-39)22-41(21-29,25-39)37(43)45-35-11-13-36(14-12-35)46-38(44)42-23-31-16-32(24-42)20-40(19-31,26-42)34-9-5-28(2)6-10-34/h3-14,29-32H,15-26H2,1-2H3. The van der Waals surface area contributed by atoms with Gasteiger partial charge in [-0.3, -0.25) is 9.59 Å². The molecule has 4 heteroatoms. The van der Waals surface area contributed by atoms with Crippen LogP contribution in [0.15, 0.2) is 72.8 Å². The highest BCUT2D eigenvalue weighted by atomic mass is 16.5. The first-order chi connectivity index (χ1) is 22.1. The number of ether oxygens (including phenoxy) is 2. The third-order valence-electron chi connectivity index (χ3n) is 13.6. The van der Waals surface area contributed by atoms with Crippen molar-refractivity contribution in [2.45, 2.75) is 102 Å². The van der Waals surface area contributed by atoms with Crippen molar-refractivity contribution in [1.29, 1.82) is 0 Å². The zero-order chi connectivity index (χ0) is 31.3. The molecule has 0 aliphatic heterocycles. The van der Waals surface area contributed by atoms with E-state index >= 15 is 0 Å². The van der Waals surface area contributed by atoms with E-state index in [1.807, 2.05) is 24.3 Å². The molecule has 0 N–H and O–H groups in total. The molecule has 0 spiro atoms. The monoisotopic (exact) mass is 614 g/mol. The Morgan fingerprint density at radius 3 is 1.15 bits per heavy atom. The van der Waals surface area contributed by atoms with Crippen LogP contribution < -0.4 is 9.47 Å². The van der Waals surface area contributed by atoms with E-state index in [1.165, 1.54) is 60.8 Å². The van der Waals surface area contributed by atoms with Crippen LogP contribution in [-0.2, 0) is 20.4 Å². The maximum Gasteiger partial charge on any atom is 0.317 e. The van der Waals surface area contributed by atoms with Gasteiger partial charge in [0.05, 0.1) is 10.8 Å². The average Bonchev–Trinajstić information content (AvgIpc) is 3.01. The van der Waals surface area contributed by atoms with Gasteiger partial charge in [0.25, 0.3) is 0 Å². The molecule has 0 saturated heterocycles. The van der Waals surface area contributed by atoms with Gasteiger partial charge in [-0.15, -0.1) is 0 Å². The van der Waals surface area contributed by atoms with E-state index in [0.717, 1.165) is 38.5 Å². The molecule has 0 radical (unpaired) electrons. The van der Waals surface area contributed by atoms with Gasteiger partial charge in [-0.25, -0.2) is 0 Å². The van der Waals surface area contributed by atoms with Crippen LogP contribution in [0.3, 0.4) is 0 Å². The van der Waals surface area contributed by atoms with E-state index in [1.54, 1.807) is 0 Å². The van der Waals surface area contributed by atoms with Gasteiger partial charge in [0.2, 0.25) is 0 Å². The van der Waals surface area contributed by atoms with Crippen LogP contribution in [0.5, 0.6) is 11.5 Å². The fourth-order valence-electron chi connectivity index (χ4n) is 12.5. The summed E-state index contributed by atoms with van der Waals surface area (Å²) < 4.78 is 12.3. The van der Waals surface area contributed by atoms with E-state index < -0.39 is 10.8 Å². The normalized spacial score (nSPS) is 38.1. The van der Waals surface area contributed by atoms with E-state index in [2.05, 4.69) is 62.4 Å². The predicted molar refractivity (Wildman–Crippen MR) is 178 cm³/mol. The number of aryl methyl sites for hydroxylation is 2. The molecule has 46 heavy (non-hydrogen) atoms. The van der Waals surface area contributed by atoms with Crippen molar-refractivity contribution in [2.24, 2.45) is 34.5 Å². The molecule has 8 fully saturated rings. The Labute approximate surface area is 273 Å². The molecule has 8 aliphatic carbocycles. The van der Waals surface area contributed by atoms with Crippen molar-refractivity contribution in [3.05, 3.63) is 95.1 Å². The molecule has 0 heterocycles. The maximum absolute atomic E-state index is 14.0. The Morgan fingerprint density at radius 1 is 0.500 bits per heavy atom. The quantitative estimate of drug-likeness (QED) is 0.205. The topological polar surface area (TPSA) is 52.6 Å². The summed E-state index contributed by atoms with van der Waals surface area (Å²) in [6, 6.07) is 25.3. The largest absolute Gasteiger partial charge is 0.426 e. The number of esters is 2. The number of carbonyl (C=O) groups excluding carboxylic acids is 2. The Kier molecular flexibility index (Phi) is 6.29. The van der Waals surface area contributed by atoms with Crippen molar-refractivity contribution >= 4 is 11.9 Å². The highest BCUT2D eigenvalue weighted by Crippen LogP contribution is 2.67. The minimum atomic E-state index is -0.411. The van der Waals surface area contributed by atoms with Crippen molar-refractivity contribution < 1.29 is 19.1 Å². The Morgan fingerprint density at radius 2 is 0.826 bits per heavy atom. The molecule has 3 aromatic carbocycles. The second kappa shape index (κ2) is 10.1. The lowest BCUT2D eigenvalue weighted by molar-refractivity contribution is -0.165. The van der Waals surface area contributed by atoms with Crippen LogP contribution in [0.4, 0.5) is 0 Å². The molecule has 0 amide bonds. The van der Waals surface area contributed by atoms with Crippen molar-refractivity contribution in [2.75, 3.05) is 0 Å². The molecular formula is C42H46O4. The lowest BCUT2D eigenvalue weighted by Crippen LogP contribution is -2.57. The molecule has 238 valence electrons. The number of carbonyl (C=O) groups is 2. The molecule has 0 aromatic heterocycles. The fraction of sp³-hybridized carbons (Fsp3) is 0.524. The number of hydrogen-bond donors (Lipinski definition) is 0. The summed E-state index contributed by atoms with van der Waals surface area (Å²) in [6.07, 6.45) is 12.8. The zero-order valence-electron chi connectivity index (χ0n) is 27.4. The van der Waals surface area contributed by atoms with E-state index in [4.69, 9.17) is 9.47 Å². The summed E-state index contributed by atoms with van der Waals surface area (Å²) in [5, 5.41) is 0. The van der Waals surface area contributed by atoms with Crippen molar-refractivity contribution in [1.82, 2.24) is 0 Å². The van der Waals surface area contributed by atoms with Gasteiger partial charge in [-0.2, -0.15) is 0 Å². The van der Waals surface area contributed by atoms with E-state index in [0.29, 0.717) is 35.2 Å². The number of benzene rings is 3. The van der Waals surface area contributed by atoms with Crippen LogP contribution in [0.2, 0.25) is 0 Å². The molecule has 4 nitrogen and oxygen atoms in total. The highest BCUT2D eigenvalue weighted by molar-refractivity contribution is 5.81. The smallest absolute Gasteiger partial charge is 0.317 e. The summed E-state index contributed by atoms with van der Waals surface area (Å²) in [6.45, 7) is 4.28. The molecule has 3 aromatic rings. The average molecular weight is 615 g/mol. The lowest BCUT2D eigenvalue weighted by Gasteiger charge is -2.61. The van der Waals surface area contributed by atoms with Gasteiger partial charge in [0.15, 0.2) is 0 Å². The van der Waals surface area contributed by atoms with Crippen LogP contribution in [-0.4, -0.2) is 11.9 Å². The first-order valence-corrected chi connectivity index (χ1v) is 17.8. The van der Waals surface area contributed by atoms with E-state index in [-0.39, 0.29) is 22.8 Å². The van der Waals surface area contributed by atoms with Crippen LogP contribution in [0, 0.1) is 48.3 Å². The number of hydrogen-bond acceptors (Lipinski definition) is 4. The van der Waals surface area contributed by atoms with Gasteiger partial charge in [-0.1, -0.05) is 59.7 Å². The molecule has 8 aliphatic rings. The summed E-state index contributed by atoms with van der Waals surface area (Å²) in [5.74, 6) is 3.29. The summed E-state index contributed by atoms with van der Waals surface area (Å²) >= 11 is 0. The van der Waals surface area contributed by atoms with E-state index in [9.17, 15) is 9.59 Å². The van der Waals surface area contributed by atoms with Gasteiger partial charge >= 0.3 is 11.9 Å². The SMILES string of the molecule is Cc1ccc(C23CC4CC(CC(C(=O)Oc5ccc(OC(=O)C67CC8CC(C6)CC(c6ccc(C)cc6)(C8)C7)cc5)(C4)C2)C3)cc1. The first-order valence-electron chi connectivity index (χ1n) is 17.8. The Hall–Kier alpha value is -3.40. The molecule has 8 bridgehead atoms. The first kappa shape index (κ1) is 28.8. The third kappa shape index (κ3) is 4.53. The molecular weight excluding hydrogens is 568 g/mol. The fourth-order valence-corrected chi connectivity index (χ4v) is 12.5.